The molecule has 0 bridgehead atoms. The van der Waals surface area contributed by atoms with Crippen molar-refractivity contribution in [1.29, 1.82) is 0 Å². The predicted molar refractivity (Wildman–Crippen MR) is 240 cm³/mol. The van der Waals surface area contributed by atoms with Crippen molar-refractivity contribution < 1.29 is 48.3 Å². The number of unbranched alkanes of at least 4 members (excludes halogenated alkanes) is 2. The Bertz CT molecular complexity index is 1970. The lowest BCUT2D eigenvalue weighted by Crippen LogP contribution is -2.70. The summed E-state index contributed by atoms with van der Waals surface area (Å²) in [6.45, 7) is 13.0. The zero-order valence-corrected chi connectivity index (χ0v) is 37.8. The molecule has 2 saturated carbocycles. The van der Waals surface area contributed by atoms with Crippen molar-refractivity contribution in [3.63, 3.8) is 0 Å². The van der Waals surface area contributed by atoms with Crippen LogP contribution in [0.4, 0.5) is 4.79 Å². The van der Waals surface area contributed by atoms with E-state index in [0.717, 1.165) is 67.4 Å². The van der Waals surface area contributed by atoms with Gasteiger partial charge in [-0.1, -0.05) is 61.9 Å². The van der Waals surface area contributed by atoms with E-state index in [0.29, 0.717) is 54.7 Å². The summed E-state index contributed by atoms with van der Waals surface area (Å²) >= 11 is 0. The van der Waals surface area contributed by atoms with E-state index < -0.39 is 29.4 Å². The standard InChI is InChI=1S/C50H69N3O10/c1-6-26-60-50-44(53(45(56)23-19-33-14-8-9-15-33)31-34-18-21-42-43(27-34)59-32-58-42)30-40(52-63-49(3,4)5)38-28-35(16-10-12-24-54)37(17-11-13-25-55)46(47(38)50)39-29-36(20-22-41(39)62-50)61-48(57)51-7-2/h6,18,20-22,27-29,33,35,37,44,46-47,54-55H,1,7-17,19,23-26,30-32H2,2-5H3,(H,51,57). The van der Waals surface area contributed by atoms with Crippen molar-refractivity contribution in [2.24, 2.45) is 28.8 Å². The van der Waals surface area contributed by atoms with Crippen molar-refractivity contribution in [3.05, 3.63) is 71.8 Å². The van der Waals surface area contributed by atoms with Gasteiger partial charge < -0.3 is 49.0 Å². The number of amides is 2. The number of aliphatic hydroxyl groups excluding tert-OH is 2. The first-order valence-electron chi connectivity index (χ1n) is 23.4. The number of nitrogens with one attached hydrogen (secondary N) is 1. The minimum atomic E-state index is -1.43. The Morgan fingerprint density at radius 1 is 0.984 bits per heavy atom. The molecule has 13 heteroatoms. The summed E-state index contributed by atoms with van der Waals surface area (Å²) in [5.74, 6) is 0.656. The van der Waals surface area contributed by atoms with Crippen molar-refractivity contribution >= 4 is 17.7 Å². The number of carbonyl (C=O) groups is 2. The molecular formula is C50H69N3O10. The lowest BCUT2D eigenvalue weighted by molar-refractivity contribution is -0.258. The molecule has 3 aliphatic carbocycles. The van der Waals surface area contributed by atoms with Gasteiger partial charge in [0.25, 0.3) is 0 Å². The molecule has 2 amide bonds. The molecule has 2 heterocycles. The van der Waals surface area contributed by atoms with Gasteiger partial charge in [-0.15, -0.1) is 6.58 Å². The highest BCUT2D eigenvalue weighted by molar-refractivity contribution is 6.03. The van der Waals surface area contributed by atoms with E-state index in [1.807, 2.05) is 62.9 Å². The number of carbonyl (C=O) groups excluding carboxylic acids is 2. The lowest BCUT2D eigenvalue weighted by Gasteiger charge is -2.60. The SMILES string of the molecule is C=CCOC12Oc3ccc(OC(=O)NCC)cc3C3C(CCCCO)C(CCCCO)C=C(C(=NOC(C)(C)C)CC1N(Cc1ccc4c(c1)OCO4)C(=O)CCC1CCCC1)C32. The number of hydrogen-bond donors (Lipinski definition) is 3. The molecule has 0 aromatic heterocycles. The molecule has 2 aromatic rings. The van der Waals surface area contributed by atoms with E-state index in [1.165, 1.54) is 12.8 Å². The summed E-state index contributed by atoms with van der Waals surface area (Å²) in [5, 5.41) is 27.7. The molecule has 2 aliphatic heterocycles. The summed E-state index contributed by atoms with van der Waals surface area (Å²) in [6, 6.07) is 10.7. The molecule has 0 spiro atoms. The Labute approximate surface area is 373 Å². The predicted octanol–water partition coefficient (Wildman–Crippen LogP) is 8.95. The Hall–Kier alpha value is -4.59. The van der Waals surface area contributed by atoms with Gasteiger partial charge in [0.2, 0.25) is 18.5 Å². The zero-order chi connectivity index (χ0) is 44.6. The molecular weight excluding hydrogens is 803 g/mol. The van der Waals surface area contributed by atoms with Gasteiger partial charge >= 0.3 is 6.09 Å². The third-order valence-electron chi connectivity index (χ3n) is 13.3. The number of rotatable bonds is 20. The van der Waals surface area contributed by atoms with Gasteiger partial charge in [-0.25, -0.2) is 4.79 Å². The molecule has 7 rings (SSSR count). The fourth-order valence-corrected chi connectivity index (χ4v) is 10.6. The van der Waals surface area contributed by atoms with Crippen LogP contribution >= 0.6 is 0 Å². The van der Waals surface area contributed by atoms with Crippen molar-refractivity contribution in [2.75, 3.05) is 33.2 Å². The lowest BCUT2D eigenvalue weighted by atomic mass is 9.55. The third kappa shape index (κ3) is 10.7. The highest BCUT2D eigenvalue weighted by Crippen LogP contribution is 2.62. The average Bonchev–Trinajstić information content (AvgIpc) is 3.97. The quantitative estimate of drug-likeness (QED) is 0.0667. The monoisotopic (exact) mass is 871 g/mol. The number of oxime groups is 1. The fourth-order valence-electron chi connectivity index (χ4n) is 10.6. The summed E-state index contributed by atoms with van der Waals surface area (Å²) in [5.41, 5.74) is 2.82. The Morgan fingerprint density at radius 3 is 2.46 bits per heavy atom. The molecule has 6 unspecified atom stereocenters. The van der Waals surface area contributed by atoms with E-state index in [-0.39, 0.29) is 63.2 Å². The van der Waals surface area contributed by atoms with Crippen LogP contribution in [0.3, 0.4) is 0 Å². The maximum absolute atomic E-state index is 15.2. The number of fused-ring (bicyclic) bond motifs is 3. The van der Waals surface area contributed by atoms with Gasteiger partial charge in [-0.2, -0.15) is 0 Å². The Kier molecular flexibility index (Phi) is 15.4. The van der Waals surface area contributed by atoms with Crippen LogP contribution in [0.1, 0.15) is 128 Å². The van der Waals surface area contributed by atoms with Gasteiger partial charge in [-0.05, 0) is 119 Å². The number of allylic oxidation sites excluding steroid dienone is 1. The second-order valence-electron chi connectivity index (χ2n) is 18.8. The number of nitrogens with zero attached hydrogens (tertiary/aromatic N) is 2. The minimum absolute atomic E-state index is 0.00322. The Morgan fingerprint density at radius 2 is 1.73 bits per heavy atom. The molecule has 2 fully saturated rings. The highest BCUT2D eigenvalue weighted by atomic mass is 16.7. The first-order valence-corrected chi connectivity index (χ1v) is 23.4. The van der Waals surface area contributed by atoms with E-state index in [2.05, 4.69) is 18.0 Å². The summed E-state index contributed by atoms with van der Waals surface area (Å²) in [4.78, 5) is 36.3. The second kappa shape index (κ2) is 20.9. The van der Waals surface area contributed by atoms with E-state index >= 15 is 4.79 Å². The molecule has 2 aromatic carbocycles. The van der Waals surface area contributed by atoms with Gasteiger partial charge in [0.05, 0.1) is 18.2 Å². The highest BCUT2D eigenvalue weighted by Gasteiger charge is 2.65. The first-order chi connectivity index (χ1) is 30.5. The number of ether oxygens (including phenoxy) is 5. The molecule has 344 valence electrons. The number of hydrogen-bond acceptors (Lipinski definition) is 11. The first kappa shape index (κ1) is 46.4. The summed E-state index contributed by atoms with van der Waals surface area (Å²) in [6.07, 6.45) is 14.1. The van der Waals surface area contributed by atoms with Crippen LogP contribution in [-0.2, 0) is 20.9 Å². The topological polar surface area (TPSA) is 158 Å². The molecule has 3 N–H and O–H groups in total. The number of benzene rings is 2. The van der Waals surface area contributed by atoms with Crippen LogP contribution in [0.25, 0.3) is 0 Å². The molecule has 6 atom stereocenters. The molecule has 0 radical (unpaired) electrons. The molecule has 0 saturated heterocycles. The van der Waals surface area contributed by atoms with E-state index in [9.17, 15) is 15.0 Å². The van der Waals surface area contributed by atoms with Crippen molar-refractivity contribution in [3.8, 4) is 23.0 Å². The molecule has 13 nitrogen and oxygen atoms in total. The van der Waals surface area contributed by atoms with E-state index in [4.69, 9.17) is 33.7 Å². The van der Waals surface area contributed by atoms with Crippen LogP contribution in [0, 0.1) is 23.7 Å². The average molecular weight is 872 g/mol. The van der Waals surface area contributed by atoms with Crippen molar-refractivity contribution in [1.82, 2.24) is 10.2 Å². The van der Waals surface area contributed by atoms with Gasteiger partial charge in [0, 0.05) is 50.6 Å². The number of aliphatic hydroxyl groups is 2. The fraction of sp³-hybridized carbons (Fsp3) is 0.620. The maximum atomic E-state index is 15.2. The Balaban J connectivity index is 1.44. The van der Waals surface area contributed by atoms with Crippen LogP contribution in [0.2, 0.25) is 0 Å². The van der Waals surface area contributed by atoms with E-state index in [1.54, 1.807) is 12.1 Å². The van der Waals surface area contributed by atoms with Crippen molar-refractivity contribution in [2.45, 2.75) is 141 Å². The van der Waals surface area contributed by atoms with Crippen LogP contribution in [0.15, 0.2) is 65.9 Å². The molecule has 63 heavy (non-hydrogen) atoms. The van der Waals surface area contributed by atoms with Gasteiger partial charge in [0.15, 0.2) is 11.5 Å². The third-order valence-corrected chi connectivity index (χ3v) is 13.3. The van der Waals surface area contributed by atoms with Crippen LogP contribution in [0.5, 0.6) is 23.0 Å². The van der Waals surface area contributed by atoms with Gasteiger partial charge in [0.1, 0.15) is 23.1 Å². The molecule has 5 aliphatic rings. The normalized spacial score (nSPS) is 25.4. The summed E-state index contributed by atoms with van der Waals surface area (Å²) in [7, 11) is 0. The van der Waals surface area contributed by atoms with Gasteiger partial charge in [-0.3, -0.25) is 4.79 Å². The zero-order valence-electron chi connectivity index (χ0n) is 37.8. The second-order valence-corrected chi connectivity index (χ2v) is 18.8. The minimum Gasteiger partial charge on any atom is -0.459 e. The smallest absolute Gasteiger partial charge is 0.412 e. The maximum Gasteiger partial charge on any atom is 0.412 e. The summed E-state index contributed by atoms with van der Waals surface area (Å²) < 4.78 is 32.0. The van der Waals surface area contributed by atoms with Crippen LogP contribution < -0.4 is 24.3 Å². The largest absolute Gasteiger partial charge is 0.459 e. The van der Waals surface area contributed by atoms with Crippen LogP contribution in [-0.4, -0.2) is 83.4 Å².